The predicted molar refractivity (Wildman–Crippen MR) is 75.9 cm³/mol. The lowest BCUT2D eigenvalue weighted by Gasteiger charge is -2.09. The maximum absolute atomic E-state index is 12.0. The van der Waals surface area contributed by atoms with Crippen LogP contribution in [0.5, 0.6) is 0 Å². The van der Waals surface area contributed by atoms with Crippen LogP contribution in [0.15, 0.2) is 30.5 Å². The number of ether oxygens (including phenoxy) is 1. The van der Waals surface area contributed by atoms with Crippen molar-refractivity contribution in [2.45, 2.75) is 32.8 Å². The summed E-state index contributed by atoms with van der Waals surface area (Å²) < 4.78 is 41.5. The lowest BCUT2D eigenvalue weighted by molar-refractivity contribution is -0.325. The summed E-state index contributed by atoms with van der Waals surface area (Å²) in [5.41, 5.74) is 2.08. The average Bonchev–Trinajstić information content (AvgIpc) is 2.80. The van der Waals surface area contributed by atoms with Crippen molar-refractivity contribution in [2.75, 3.05) is 13.2 Å². The molecule has 0 amide bonds. The molecule has 2 rings (SSSR count). The van der Waals surface area contributed by atoms with Crippen molar-refractivity contribution >= 4 is 10.9 Å². The van der Waals surface area contributed by atoms with Gasteiger partial charge in [-0.25, -0.2) is 0 Å². The van der Waals surface area contributed by atoms with Gasteiger partial charge in [0, 0.05) is 24.8 Å². The second-order valence-corrected chi connectivity index (χ2v) is 4.87. The van der Waals surface area contributed by atoms with E-state index >= 15 is 0 Å². The maximum atomic E-state index is 12.0. The predicted octanol–water partition coefficient (Wildman–Crippen LogP) is 3.68. The summed E-state index contributed by atoms with van der Waals surface area (Å²) in [6.45, 7) is 3.67. The van der Waals surface area contributed by atoms with Gasteiger partial charge in [-0.2, -0.15) is 0 Å². The molecule has 3 nitrogen and oxygen atoms in total. The summed E-state index contributed by atoms with van der Waals surface area (Å²) in [6.07, 6.45) is -1.70. The molecule has 0 spiro atoms. The van der Waals surface area contributed by atoms with Gasteiger partial charge in [-0.15, -0.1) is 13.2 Å². The molecule has 0 saturated carbocycles. The summed E-state index contributed by atoms with van der Waals surface area (Å²) in [4.78, 5) is 0. The lowest BCUT2D eigenvalue weighted by Crippen LogP contribution is -2.17. The van der Waals surface area contributed by atoms with E-state index < -0.39 is 6.36 Å². The van der Waals surface area contributed by atoms with Gasteiger partial charge in [-0.05, 0) is 42.1 Å². The van der Waals surface area contributed by atoms with E-state index in [0.717, 1.165) is 30.4 Å². The molecule has 6 heteroatoms. The molecule has 2 aromatic rings. The number of hydrogen-bond acceptors (Lipinski definition) is 2. The standard InChI is InChI=1S/C15H19F3N2O/c1-2-6-19-11-12-3-4-14-13(10-12)5-7-20(14)8-9-21-15(16,17)18/h3-5,7,10,19H,2,6,8-9,11H2,1H3. The summed E-state index contributed by atoms with van der Waals surface area (Å²) >= 11 is 0. The van der Waals surface area contributed by atoms with Crippen LogP contribution in [0.25, 0.3) is 10.9 Å². The minimum Gasteiger partial charge on any atom is -0.345 e. The molecule has 1 aromatic heterocycles. The quantitative estimate of drug-likeness (QED) is 0.790. The van der Waals surface area contributed by atoms with E-state index in [1.165, 1.54) is 5.56 Å². The molecule has 116 valence electrons. The molecule has 1 N–H and O–H groups in total. The molecule has 0 fully saturated rings. The maximum Gasteiger partial charge on any atom is 0.522 e. The Kier molecular flexibility index (Phi) is 5.25. The van der Waals surface area contributed by atoms with E-state index in [1.807, 2.05) is 18.2 Å². The Labute approximate surface area is 121 Å². The number of benzene rings is 1. The molecular weight excluding hydrogens is 281 g/mol. The minimum atomic E-state index is -4.57. The third kappa shape index (κ3) is 4.75. The number of rotatable bonds is 7. The van der Waals surface area contributed by atoms with Crippen LogP contribution < -0.4 is 5.32 Å². The van der Waals surface area contributed by atoms with Gasteiger partial charge in [0.25, 0.3) is 0 Å². The topological polar surface area (TPSA) is 26.2 Å². The third-order valence-corrected chi connectivity index (χ3v) is 3.19. The molecule has 0 atom stereocenters. The zero-order valence-electron chi connectivity index (χ0n) is 11.9. The number of halogens is 3. The van der Waals surface area contributed by atoms with Crippen LogP contribution in [0.2, 0.25) is 0 Å². The van der Waals surface area contributed by atoms with Crippen molar-refractivity contribution in [2.24, 2.45) is 0 Å². The van der Waals surface area contributed by atoms with Gasteiger partial charge in [0.1, 0.15) is 0 Å². The highest BCUT2D eigenvalue weighted by Gasteiger charge is 2.28. The molecule has 0 aliphatic heterocycles. The summed E-state index contributed by atoms with van der Waals surface area (Å²) in [7, 11) is 0. The summed E-state index contributed by atoms with van der Waals surface area (Å²) in [6, 6.07) is 7.89. The summed E-state index contributed by atoms with van der Waals surface area (Å²) in [5.74, 6) is 0. The van der Waals surface area contributed by atoms with Gasteiger partial charge >= 0.3 is 6.36 Å². The first-order valence-electron chi connectivity index (χ1n) is 6.99. The third-order valence-electron chi connectivity index (χ3n) is 3.19. The number of alkyl halides is 3. The van der Waals surface area contributed by atoms with E-state index in [9.17, 15) is 13.2 Å². The molecule has 0 aliphatic carbocycles. The Morgan fingerprint density at radius 1 is 1.24 bits per heavy atom. The zero-order valence-corrected chi connectivity index (χ0v) is 11.9. The van der Waals surface area contributed by atoms with Crippen molar-refractivity contribution in [3.63, 3.8) is 0 Å². The molecule has 1 heterocycles. The van der Waals surface area contributed by atoms with Gasteiger partial charge in [-0.1, -0.05) is 13.0 Å². The fourth-order valence-electron chi connectivity index (χ4n) is 2.22. The normalized spacial score (nSPS) is 12.2. The smallest absolute Gasteiger partial charge is 0.345 e. The fourth-order valence-corrected chi connectivity index (χ4v) is 2.22. The lowest BCUT2D eigenvalue weighted by atomic mass is 10.1. The Balaban J connectivity index is 2.00. The zero-order chi connectivity index (χ0) is 15.3. The van der Waals surface area contributed by atoms with Crippen LogP contribution >= 0.6 is 0 Å². The van der Waals surface area contributed by atoms with E-state index in [4.69, 9.17) is 0 Å². The number of hydrogen-bond donors (Lipinski definition) is 1. The Hall–Kier alpha value is -1.53. The van der Waals surface area contributed by atoms with Crippen molar-refractivity contribution in [3.05, 3.63) is 36.0 Å². The van der Waals surface area contributed by atoms with Crippen molar-refractivity contribution in [3.8, 4) is 0 Å². The van der Waals surface area contributed by atoms with E-state index in [-0.39, 0.29) is 13.2 Å². The van der Waals surface area contributed by atoms with E-state index in [1.54, 1.807) is 10.8 Å². The molecule has 0 unspecified atom stereocenters. The van der Waals surface area contributed by atoms with Crippen LogP contribution in [0.4, 0.5) is 13.2 Å². The summed E-state index contributed by atoms with van der Waals surface area (Å²) in [5, 5.41) is 4.35. The van der Waals surface area contributed by atoms with Gasteiger partial charge in [0.05, 0.1) is 6.61 Å². The second kappa shape index (κ2) is 6.95. The first kappa shape index (κ1) is 15.9. The van der Waals surface area contributed by atoms with E-state index in [2.05, 4.69) is 23.0 Å². The Morgan fingerprint density at radius 2 is 2.05 bits per heavy atom. The highest BCUT2D eigenvalue weighted by molar-refractivity contribution is 5.80. The fraction of sp³-hybridized carbons (Fsp3) is 0.467. The minimum absolute atomic E-state index is 0.177. The monoisotopic (exact) mass is 300 g/mol. The first-order chi connectivity index (χ1) is 9.99. The van der Waals surface area contributed by atoms with Crippen molar-refractivity contribution in [1.82, 2.24) is 9.88 Å². The van der Waals surface area contributed by atoms with Crippen molar-refractivity contribution in [1.29, 1.82) is 0 Å². The molecule has 0 aliphatic rings. The molecular formula is C15H19F3N2O. The number of aromatic nitrogens is 1. The highest BCUT2D eigenvalue weighted by atomic mass is 19.4. The molecule has 21 heavy (non-hydrogen) atoms. The van der Waals surface area contributed by atoms with Crippen LogP contribution in [-0.4, -0.2) is 24.1 Å². The second-order valence-electron chi connectivity index (χ2n) is 4.87. The van der Waals surface area contributed by atoms with Crippen molar-refractivity contribution < 1.29 is 17.9 Å². The van der Waals surface area contributed by atoms with Gasteiger partial charge in [0.15, 0.2) is 0 Å². The largest absolute Gasteiger partial charge is 0.522 e. The van der Waals surface area contributed by atoms with Crippen LogP contribution in [0.1, 0.15) is 18.9 Å². The van der Waals surface area contributed by atoms with Crippen LogP contribution in [-0.2, 0) is 17.8 Å². The number of nitrogens with one attached hydrogen (secondary N) is 1. The number of nitrogens with zero attached hydrogens (tertiary/aromatic N) is 1. The average molecular weight is 300 g/mol. The Morgan fingerprint density at radius 3 is 2.76 bits per heavy atom. The first-order valence-corrected chi connectivity index (χ1v) is 6.99. The van der Waals surface area contributed by atoms with Gasteiger partial charge in [0.2, 0.25) is 0 Å². The SMILES string of the molecule is CCCNCc1ccc2c(ccn2CCOC(F)(F)F)c1. The Bertz CT molecular complexity index is 578. The highest BCUT2D eigenvalue weighted by Crippen LogP contribution is 2.19. The number of fused-ring (bicyclic) bond motifs is 1. The molecule has 0 radical (unpaired) electrons. The van der Waals surface area contributed by atoms with E-state index in [0.29, 0.717) is 0 Å². The molecule has 1 aromatic carbocycles. The van der Waals surface area contributed by atoms with Crippen LogP contribution in [0, 0.1) is 0 Å². The molecule has 0 saturated heterocycles. The molecule has 0 bridgehead atoms. The van der Waals surface area contributed by atoms with Crippen LogP contribution in [0.3, 0.4) is 0 Å². The van der Waals surface area contributed by atoms with Gasteiger partial charge in [-0.3, -0.25) is 4.74 Å². The van der Waals surface area contributed by atoms with Gasteiger partial charge < -0.3 is 9.88 Å².